The molecule has 0 atom stereocenters. The van der Waals surface area contributed by atoms with Crippen molar-refractivity contribution < 1.29 is 4.79 Å². The van der Waals surface area contributed by atoms with Crippen molar-refractivity contribution >= 4 is 23.2 Å². The highest BCUT2D eigenvalue weighted by Crippen LogP contribution is 2.22. The summed E-state index contributed by atoms with van der Waals surface area (Å²) in [6, 6.07) is 17.8. The van der Waals surface area contributed by atoms with E-state index in [-0.39, 0.29) is 11.9 Å². The molecule has 0 aliphatic heterocycles. The highest BCUT2D eigenvalue weighted by Gasteiger charge is 2.07. The first kappa shape index (κ1) is 17.7. The maximum atomic E-state index is 12.3. The van der Waals surface area contributed by atoms with Crippen molar-refractivity contribution in [1.29, 1.82) is 0 Å². The summed E-state index contributed by atoms with van der Waals surface area (Å²) in [7, 11) is 0. The second-order valence-corrected chi connectivity index (χ2v) is 6.91. The van der Waals surface area contributed by atoms with Crippen molar-refractivity contribution in [2.24, 2.45) is 0 Å². The number of pyridine rings is 1. The van der Waals surface area contributed by atoms with E-state index in [4.69, 9.17) is 5.73 Å². The minimum Gasteiger partial charge on any atom is -0.366 e. The zero-order chi connectivity index (χ0) is 19.7. The van der Waals surface area contributed by atoms with E-state index < -0.39 is 0 Å². The predicted molar refractivity (Wildman–Crippen MR) is 111 cm³/mol. The lowest BCUT2D eigenvalue weighted by Gasteiger charge is -2.08. The van der Waals surface area contributed by atoms with Crippen LogP contribution in [0, 0.1) is 13.8 Å². The number of nitrogens with zero attached hydrogens (tertiary/aromatic N) is 3. The third kappa shape index (κ3) is 3.71. The van der Waals surface area contributed by atoms with Crippen molar-refractivity contribution in [3.8, 4) is 11.1 Å². The molecule has 140 valence electrons. The third-order valence-corrected chi connectivity index (χ3v) is 4.80. The Hall–Kier alpha value is -3.67. The molecule has 0 aliphatic rings. The molecule has 4 rings (SSSR count). The van der Waals surface area contributed by atoms with Gasteiger partial charge in [0.2, 0.25) is 11.9 Å². The molecule has 0 saturated carbocycles. The van der Waals surface area contributed by atoms with Gasteiger partial charge in [0.25, 0.3) is 0 Å². The quantitative estimate of drug-likeness (QED) is 0.572. The fourth-order valence-electron chi connectivity index (χ4n) is 3.10. The van der Waals surface area contributed by atoms with Gasteiger partial charge in [-0.25, -0.2) is 4.52 Å². The molecule has 6 nitrogen and oxygen atoms in total. The van der Waals surface area contributed by atoms with Gasteiger partial charge in [-0.2, -0.15) is 4.98 Å². The molecular formula is C22H21N5O. The zero-order valence-electron chi connectivity index (χ0n) is 15.8. The van der Waals surface area contributed by atoms with Crippen LogP contribution in [0.4, 0.5) is 11.6 Å². The Bertz CT molecular complexity index is 1160. The standard InChI is InChI=1S/C22H21N5O/c1-14-3-8-19(11-15(14)2)24-21(28)12-16-4-6-17(7-5-16)18-9-10-27-20(13-18)25-22(23)26-27/h3-11,13H,12H2,1-2H3,(H2,23,26)(H,24,28). The normalized spacial score (nSPS) is 10.9. The first-order chi connectivity index (χ1) is 13.5. The average molecular weight is 371 g/mol. The molecule has 2 heterocycles. The number of aryl methyl sites for hydroxylation is 2. The summed E-state index contributed by atoms with van der Waals surface area (Å²) in [5, 5.41) is 7.04. The summed E-state index contributed by atoms with van der Waals surface area (Å²) in [5.74, 6) is 0.221. The lowest BCUT2D eigenvalue weighted by molar-refractivity contribution is -0.115. The van der Waals surface area contributed by atoms with Crippen LogP contribution in [-0.4, -0.2) is 20.5 Å². The number of carbonyl (C=O) groups is 1. The van der Waals surface area contributed by atoms with Crippen molar-refractivity contribution in [1.82, 2.24) is 14.6 Å². The van der Waals surface area contributed by atoms with Crippen LogP contribution >= 0.6 is 0 Å². The van der Waals surface area contributed by atoms with Crippen LogP contribution in [0.1, 0.15) is 16.7 Å². The van der Waals surface area contributed by atoms with Gasteiger partial charge in [0.1, 0.15) is 0 Å². The molecule has 0 spiro atoms. The Kier molecular flexibility index (Phi) is 4.53. The third-order valence-electron chi connectivity index (χ3n) is 4.80. The van der Waals surface area contributed by atoms with Crippen LogP contribution in [-0.2, 0) is 11.2 Å². The van der Waals surface area contributed by atoms with E-state index in [1.807, 2.05) is 67.7 Å². The Labute approximate surface area is 163 Å². The number of carbonyl (C=O) groups excluding carboxylic acids is 1. The number of hydrogen-bond acceptors (Lipinski definition) is 4. The fourth-order valence-corrected chi connectivity index (χ4v) is 3.10. The monoisotopic (exact) mass is 371 g/mol. The van der Waals surface area contributed by atoms with E-state index in [0.717, 1.165) is 27.9 Å². The Morgan fingerprint density at radius 3 is 2.54 bits per heavy atom. The second kappa shape index (κ2) is 7.15. The summed E-state index contributed by atoms with van der Waals surface area (Å²) >= 11 is 0. The Balaban J connectivity index is 1.46. The van der Waals surface area contributed by atoms with Crippen molar-refractivity contribution in [3.05, 3.63) is 77.5 Å². The van der Waals surface area contributed by atoms with Gasteiger partial charge in [-0.1, -0.05) is 30.3 Å². The minimum atomic E-state index is -0.0312. The molecule has 2 aromatic heterocycles. The van der Waals surface area contributed by atoms with E-state index >= 15 is 0 Å². The van der Waals surface area contributed by atoms with Crippen molar-refractivity contribution in [2.45, 2.75) is 20.3 Å². The summed E-state index contributed by atoms with van der Waals surface area (Å²) in [6.07, 6.45) is 2.16. The van der Waals surface area contributed by atoms with Crippen LogP contribution in [0.15, 0.2) is 60.8 Å². The first-order valence-electron chi connectivity index (χ1n) is 9.06. The summed E-state index contributed by atoms with van der Waals surface area (Å²) < 4.78 is 1.64. The first-order valence-corrected chi connectivity index (χ1v) is 9.06. The molecular weight excluding hydrogens is 350 g/mol. The average Bonchev–Trinajstić information content (AvgIpc) is 3.04. The molecule has 6 heteroatoms. The molecule has 0 fully saturated rings. The number of nitrogens with one attached hydrogen (secondary N) is 1. The minimum absolute atomic E-state index is 0.0312. The van der Waals surface area contributed by atoms with Gasteiger partial charge >= 0.3 is 0 Å². The van der Waals surface area contributed by atoms with Gasteiger partial charge in [0.05, 0.1) is 6.42 Å². The van der Waals surface area contributed by atoms with Gasteiger partial charge in [-0.3, -0.25) is 4.79 Å². The van der Waals surface area contributed by atoms with Gasteiger partial charge in [0, 0.05) is 11.9 Å². The fraction of sp³-hybridized carbons (Fsp3) is 0.136. The molecule has 1 amide bonds. The number of benzene rings is 2. The molecule has 4 aromatic rings. The lowest BCUT2D eigenvalue weighted by atomic mass is 10.0. The molecule has 0 radical (unpaired) electrons. The molecule has 2 aromatic carbocycles. The number of rotatable bonds is 4. The topological polar surface area (TPSA) is 85.3 Å². The molecule has 0 aliphatic carbocycles. The largest absolute Gasteiger partial charge is 0.366 e. The van der Waals surface area contributed by atoms with Gasteiger partial charge < -0.3 is 11.1 Å². The van der Waals surface area contributed by atoms with E-state index in [0.29, 0.717) is 12.1 Å². The second-order valence-electron chi connectivity index (χ2n) is 6.91. The lowest BCUT2D eigenvalue weighted by Crippen LogP contribution is -2.14. The number of nitrogens with two attached hydrogens (primary N) is 1. The molecule has 0 saturated heterocycles. The SMILES string of the molecule is Cc1ccc(NC(=O)Cc2ccc(-c3ccn4nc(N)nc4c3)cc2)cc1C. The van der Waals surface area contributed by atoms with Gasteiger partial charge in [-0.15, -0.1) is 5.10 Å². The predicted octanol–water partition coefficient (Wildman–Crippen LogP) is 3.78. The molecule has 28 heavy (non-hydrogen) atoms. The zero-order valence-corrected chi connectivity index (χ0v) is 15.8. The van der Waals surface area contributed by atoms with E-state index in [2.05, 4.69) is 22.3 Å². The van der Waals surface area contributed by atoms with E-state index in [1.165, 1.54) is 5.56 Å². The van der Waals surface area contributed by atoms with Crippen LogP contribution in [0.3, 0.4) is 0 Å². The van der Waals surface area contributed by atoms with Crippen molar-refractivity contribution in [2.75, 3.05) is 11.1 Å². The molecule has 3 N–H and O–H groups in total. The van der Waals surface area contributed by atoms with Crippen LogP contribution < -0.4 is 11.1 Å². The number of anilines is 2. The van der Waals surface area contributed by atoms with Crippen molar-refractivity contribution in [3.63, 3.8) is 0 Å². The number of hydrogen-bond donors (Lipinski definition) is 2. The van der Waals surface area contributed by atoms with Gasteiger partial charge in [-0.05, 0) is 65.9 Å². The molecule has 0 unspecified atom stereocenters. The summed E-state index contributed by atoms with van der Waals surface area (Å²) in [6.45, 7) is 4.09. The highest BCUT2D eigenvalue weighted by atomic mass is 16.1. The van der Waals surface area contributed by atoms with Crippen LogP contribution in [0.25, 0.3) is 16.8 Å². The number of fused-ring (bicyclic) bond motifs is 1. The number of nitrogen functional groups attached to an aromatic ring is 1. The maximum Gasteiger partial charge on any atom is 0.240 e. The summed E-state index contributed by atoms with van der Waals surface area (Å²) in [4.78, 5) is 16.5. The highest BCUT2D eigenvalue weighted by molar-refractivity contribution is 5.92. The maximum absolute atomic E-state index is 12.3. The smallest absolute Gasteiger partial charge is 0.240 e. The number of amides is 1. The molecule has 0 bridgehead atoms. The van der Waals surface area contributed by atoms with E-state index in [9.17, 15) is 4.79 Å². The van der Waals surface area contributed by atoms with Gasteiger partial charge in [0.15, 0.2) is 5.65 Å². The summed E-state index contributed by atoms with van der Waals surface area (Å²) in [5.41, 5.74) is 12.6. The van der Waals surface area contributed by atoms with Crippen LogP contribution in [0.2, 0.25) is 0 Å². The van der Waals surface area contributed by atoms with E-state index in [1.54, 1.807) is 4.52 Å². The number of aromatic nitrogens is 3. The Morgan fingerprint density at radius 1 is 1.00 bits per heavy atom. The Morgan fingerprint density at radius 2 is 1.79 bits per heavy atom. The van der Waals surface area contributed by atoms with Crippen LogP contribution in [0.5, 0.6) is 0 Å².